The molecule has 0 saturated heterocycles. The minimum Gasteiger partial charge on any atom is -0.305 e. The van der Waals surface area contributed by atoms with Crippen LogP contribution in [0.25, 0.3) is 11.3 Å². The van der Waals surface area contributed by atoms with Crippen molar-refractivity contribution in [3.63, 3.8) is 0 Å². The number of hydrazine groups is 1. The number of thiazole rings is 1. The summed E-state index contributed by atoms with van der Waals surface area (Å²) in [6.07, 6.45) is 1.83. The van der Waals surface area contributed by atoms with Crippen molar-refractivity contribution in [2.24, 2.45) is 0 Å². The molecule has 0 aliphatic carbocycles. The molecule has 0 saturated carbocycles. The molecular weight excluding hydrogens is 332 g/mol. The summed E-state index contributed by atoms with van der Waals surface area (Å²) >= 11 is 1.52. The molecule has 5 nitrogen and oxygen atoms in total. The Morgan fingerprint density at radius 2 is 1.76 bits per heavy atom. The van der Waals surface area contributed by atoms with E-state index in [-0.39, 0.29) is 6.03 Å². The van der Waals surface area contributed by atoms with Crippen LogP contribution in [0.2, 0.25) is 0 Å². The van der Waals surface area contributed by atoms with Crippen molar-refractivity contribution in [2.75, 3.05) is 10.7 Å². The van der Waals surface area contributed by atoms with E-state index in [2.05, 4.69) is 44.8 Å². The zero-order chi connectivity index (χ0) is 17.5. The normalized spacial score (nSPS) is 10.1. The van der Waals surface area contributed by atoms with Crippen LogP contribution in [-0.2, 0) is 6.54 Å². The average molecular weight is 351 g/mol. The Morgan fingerprint density at radius 1 is 1.08 bits per heavy atom. The van der Waals surface area contributed by atoms with Gasteiger partial charge in [-0.15, -0.1) is 0 Å². The number of rotatable bonds is 6. The molecule has 3 rings (SSSR count). The van der Waals surface area contributed by atoms with Crippen molar-refractivity contribution < 1.29 is 9.36 Å². The molecule has 0 bridgehead atoms. The SMILES string of the molecule is C=CC[n+]1c(-c2ccccc2)csc1NNC(=O)Nc1ccccc1. The number of nitrogens with one attached hydrogen (secondary N) is 3. The maximum atomic E-state index is 12.0. The molecular formula is C19H19N4OS+. The fourth-order valence-corrected chi connectivity index (χ4v) is 3.28. The smallest absolute Gasteiger partial charge is 0.305 e. The molecule has 25 heavy (non-hydrogen) atoms. The Balaban J connectivity index is 1.71. The third-order valence-electron chi connectivity index (χ3n) is 3.51. The maximum Gasteiger partial charge on any atom is 0.358 e. The summed E-state index contributed by atoms with van der Waals surface area (Å²) in [6.45, 7) is 4.46. The van der Waals surface area contributed by atoms with Gasteiger partial charge in [0.05, 0.1) is 0 Å². The second-order valence-electron chi connectivity index (χ2n) is 5.26. The number of carbonyl (C=O) groups is 1. The molecule has 3 aromatic rings. The Bertz CT molecular complexity index is 846. The van der Waals surface area contributed by atoms with Crippen molar-refractivity contribution in [2.45, 2.75) is 6.54 Å². The molecule has 1 aromatic heterocycles. The van der Waals surface area contributed by atoms with E-state index in [0.29, 0.717) is 6.54 Å². The predicted octanol–water partition coefficient (Wildman–Crippen LogP) is 4.04. The van der Waals surface area contributed by atoms with Gasteiger partial charge >= 0.3 is 11.2 Å². The topological polar surface area (TPSA) is 57.0 Å². The highest BCUT2D eigenvalue weighted by atomic mass is 32.1. The quantitative estimate of drug-likeness (QED) is 0.357. The highest BCUT2D eigenvalue weighted by Gasteiger charge is 2.18. The molecule has 0 fully saturated rings. The Hall–Kier alpha value is -3.12. The second-order valence-corrected chi connectivity index (χ2v) is 6.12. The average Bonchev–Trinajstić information content (AvgIpc) is 3.05. The molecule has 0 atom stereocenters. The summed E-state index contributed by atoms with van der Waals surface area (Å²) in [6, 6.07) is 19.1. The van der Waals surface area contributed by atoms with Crippen molar-refractivity contribution in [3.8, 4) is 11.3 Å². The number of amides is 2. The first-order chi connectivity index (χ1) is 12.3. The molecule has 2 amide bonds. The van der Waals surface area contributed by atoms with E-state index in [1.54, 1.807) is 0 Å². The Labute approximate surface area is 150 Å². The minimum absolute atomic E-state index is 0.328. The fraction of sp³-hybridized carbons (Fsp3) is 0.0526. The van der Waals surface area contributed by atoms with Crippen LogP contribution in [0, 0.1) is 0 Å². The summed E-state index contributed by atoms with van der Waals surface area (Å²) in [5.74, 6) is 0. The van der Waals surface area contributed by atoms with Crippen LogP contribution in [0.4, 0.5) is 15.6 Å². The summed E-state index contributed by atoms with van der Waals surface area (Å²) in [5.41, 5.74) is 8.56. The second kappa shape index (κ2) is 8.12. The zero-order valence-electron chi connectivity index (χ0n) is 13.6. The lowest BCUT2D eigenvalue weighted by atomic mass is 10.2. The standard InChI is InChI=1S/C19H18N4OS/c1-2-13-23-17(15-9-5-3-6-10-15)14-25-19(23)22-21-18(24)20-16-11-7-4-8-12-16/h2-12,14H,1,13H2,(H2,20,21,24)/p+1. The Kier molecular flexibility index (Phi) is 5.43. The molecule has 1 heterocycles. The number of para-hydroxylation sites is 1. The first-order valence-electron chi connectivity index (χ1n) is 7.83. The van der Waals surface area contributed by atoms with Gasteiger partial charge in [0.15, 0.2) is 0 Å². The number of anilines is 2. The van der Waals surface area contributed by atoms with Gasteiger partial charge in [0, 0.05) is 16.6 Å². The molecule has 0 aliphatic heterocycles. The van der Waals surface area contributed by atoms with Crippen molar-refractivity contribution in [1.29, 1.82) is 0 Å². The van der Waals surface area contributed by atoms with Crippen molar-refractivity contribution in [1.82, 2.24) is 5.43 Å². The lowest BCUT2D eigenvalue weighted by Gasteiger charge is -2.06. The Morgan fingerprint density at radius 3 is 2.44 bits per heavy atom. The molecule has 0 unspecified atom stereocenters. The zero-order valence-corrected chi connectivity index (χ0v) is 14.4. The first kappa shape index (κ1) is 16.7. The van der Waals surface area contributed by atoms with Crippen LogP contribution in [0.5, 0.6) is 0 Å². The summed E-state index contributed by atoms with van der Waals surface area (Å²) in [4.78, 5) is 12.0. The van der Waals surface area contributed by atoms with E-state index < -0.39 is 0 Å². The van der Waals surface area contributed by atoms with Gasteiger partial charge in [-0.1, -0.05) is 72.5 Å². The molecule has 0 spiro atoms. The van der Waals surface area contributed by atoms with Crippen LogP contribution in [0.15, 0.2) is 78.7 Å². The lowest BCUT2D eigenvalue weighted by molar-refractivity contribution is -0.658. The molecule has 0 radical (unpaired) electrons. The maximum absolute atomic E-state index is 12.0. The predicted molar refractivity (Wildman–Crippen MR) is 102 cm³/mol. The highest BCUT2D eigenvalue weighted by Crippen LogP contribution is 2.22. The summed E-state index contributed by atoms with van der Waals surface area (Å²) < 4.78 is 2.07. The molecule has 3 N–H and O–H groups in total. The molecule has 2 aromatic carbocycles. The van der Waals surface area contributed by atoms with Gasteiger partial charge in [-0.25, -0.2) is 9.36 Å². The molecule has 6 heteroatoms. The number of nitrogens with zero attached hydrogens (tertiary/aromatic N) is 1. The van der Waals surface area contributed by atoms with Crippen LogP contribution < -0.4 is 20.7 Å². The number of urea groups is 1. The first-order valence-corrected chi connectivity index (χ1v) is 8.71. The summed E-state index contributed by atoms with van der Waals surface area (Å²) in [7, 11) is 0. The number of aromatic nitrogens is 1. The third kappa shape index (κ3) is 4.24. The van der Waals surface area contributed by atoms with E-state index in [1.807, 2.05) is 54.6 Å². The number of benzene rings is 2. The number of allylic oxidation sites excluding steroid dienone is 1. The number of carbonyl (C=O) groups excluding carboxylic acids is 1. The number of hydrogen-bond donors (Lipinski definition) is 3. The van der Waals surface area contributed by atoms with E-state index in [1.165, 1.54) is 11.3 Å². The number of hydrogen-bond acceptors (Lipinski definition) is 3. The van der Waals surface area contributed by atoms with Crippen LogP contribution in [0.1, 0.15) is 0 Å². The third-order valence-corrected chi connectivity index (χ3v) is 4.40. The van der Waals surface area contributed by atoms with E-state index in [4.69, 9.17) is 0 Å². The van der Waals surface area contributed by atoms with Crippen LogP contribution in [-0.4, -0.2) is 6.03 Å². The van der Waals surface area contributed by atoms with Gasteiger partial charge in [-0.3, -0.25) is 0 Å². The van der Waals surface area contributed by atoms with E-state index in [0.717, 1.165) is 22.1 Å². The van der Waals surface area contributed by atoms with Crippen molar-refractivity contribution >= 4 is 28.2 Å². The van der Waals surface area contributed by atoms with Gasteiger partial charge in [0.2, 0.25) is 0 Å². The lowest BCUT2D eigenvalue weighted by Crippen LogP contribution is -2.41. The summed E-state index contributed by atoms with van der Waals surface area (Å²) in [5, 5.41) is 5.64. The highest BCUT2D eigenvalue weighted by molar-refractivity contribution is 7.13. The van der Waals surface area contributed by atoms with Gasteiger partial charge in [-0.05, 0) is 12.1 Å². The van der Waals surface area contributed by atoms with Gasteiger partial charge in [0.1, 0.15) is 12.2 Å². The van der Waals surface area contributed by atoms with Crippen LogP contribution in [0.3, 0.4) is 0 Å². The van der Waals surface area contributed by atoms with Gasteiger partial charge in [0.25, 0.3) is 0 Å². The van der Waals surface area contributed by atoms with Gasteiger partial charge < -0.3 is 5.32 Å². The van der Waals surface area contributed by atoms with E-state index in [9.17, 15) is 4.79 Å². The fourth-order valence-electron chi connectivity index (χ4n) is 2.38. The largest absolute Gasteiger partial charge is 0.358 e. The van der Waals surface area contributed by atoms with E-state index >= 15 is 0 Å². The monoisotopic (exact) mass is 351 g/mol. The van der Waals surface area contributed by atoms with Crippen LogP contribution >= 0.6 is 11.3 Å². The molecule has 126 valence electrons. The van der Waals surface area contributed by atoms with Gasteiger partial charge in [-0.2, -0.15) is 10.9 Å². The minimum atomic E-state index is -0.328. The molecule has 0 aliphatic rings. The van der Waals surface area contributed by atoms with Crippen molar-refractivity contribution in [3.05, 3.63) is 78.7 Å².